The number of nitrogens with one attached hydrogen (secondary N) is 2. The summed E-state index contributed by atoms with van der Waals surface area (Å²) in [4.78, 5) is 3.88. The zero-order valence-corrected chi connectivity index (χ0v) is 12.7. The summed E-state index contributed by atoms with van der Waals surface area (Å²) >= 11 is 1.46. The number of morpholine rings is 1. The van der Waals surface area contributed by atoms with Gasteiger partial charge in [-0.25, -0.2) is 13.4 Å². The normalized spacial score (nSPS) is 17.8. The van der Waals surface area contributed by atoms with Crippen LogP contribution in [0.25, 0.3) is 0 Å². The van der Waals surface area contributed by atoms with Gasteiger partial charge in [0.1, 0.15) is 4.90 Å². The molecule has 0 aromatic carbocycles. The molecule has 0 atom stereocenters. The van der Waals surface area contributed by atoms with Gasteiger partial charge in [-0.05, 0) is 24.9 Å². The molecule has 1 fully saturated rings. The fourth-order valence-corrected chi connectivity index (χ4v) is 4.95. The van der Waals surface area contributed by atoms with Gasteiger partial charge in [-0.1, -0.05) is 0 Å². The summed E-state index contributed by atoms with van der Waals surface area (Å²) in [7, 11) is -1.70. The SMILES string of the molecule is CNCc1scc(C)c1S(=O)(=O)NN1CCOCC1. The van der Waals surface area contributed by atoms with Crippen LogP contribution in [0.5, 0.6) is 0 Å². The van der Waals surface area contributed by atoms with Crippen LogP contribution >= 0.6 is 11.3 Å². The van der Waals surface area contributed by atoms with Crippen LogP contribution in [0.15, 0.2) is 10.3 Å². The van der Waals surface area contributed by atoms with Gasteiger partial charge in [0.25, 0.3) is 10.0 Å². The number of sulfonamides is 1. The van der Waals surface area contributed by atoms with E-state index in [-0.39, 0.29) is 0 Å². The number of hydrogen-bond donors (Lipinski definition) is 2. The van der Waals surface area contributed by atoms with Gasteiger partial charge in [0.15, 0.2) is 0 Å². The molecule has 1 saturated heterocycles. The molecule has 2 heterocycles. The number of nitrogens with zero attached hydrogens (tertiary/aromatic N) is 1. The van der Waals surface area contributed by atoms with E-state index in [2.05, 4.69) is 10.1 Å². The molecule has 1 aliphatic heterocycles. The molecule has 0 spiro atoms. The highest BCUT2D eigenvalue weighted by atomic mass is 32.2. The van der Waals surface area contributed by atoms with Crippen LogP contribution in [0.4, 0.5) is 0 Å². The van der Waals surface area contributed by atoms with E-state index in [0.717, 1.165) is 10.4 Å². The Labute approximate surface area is 117 Å². The van der Waals surface area contributed by atoms with Gasteiger partial charge in [-0.2, -0.15) is 0 Å². The fraction of sp³-hybridized carbons (Fsp3) is 0.636. The van der Waals surface area contributed by atoms with Crippen molar-refractivity contribution in [3.05, 3.63) is 15.8 Å². The first-order valence-electron chi connectivity index (χ1n) is 6.11. The molecule has 8 heteroatoms. The molecular formula is C11H19N3O3S2. The second-order valence-electron chi connectivity index (χ2n) is 4.40. The maximum Gasteiger partial charge on any atom is 0.254 e. The quantitative estimate of drug-likeness (QED) is 0.819. The van der Waals surface area contributed by atoms with Crippen LogP contribution in [-0.4, -0.2) is 46.8 Å². The van der Waals surface area contributed by atoms with E-state index in [1.807, 2.05) is 12.3 Å². The molecule has 19 heavy (non-hydrogen) atoms. The zero-order valence-electron chi connectivity index (χ0n) is 11.1. The molecule has 2 N–H and O–H groups in total. The number of hydrogen-bond acceptors (Lipinski definition) is 6. The predicted molar refractivity (Wildman–Crippen MR) is 74.5 cm³/mol. The van der Waals surface area contributed by atoms with E-state index in [0.29, 0.717) is 37.7 Å². The molecule has 0 radical (unpaired) electrons. The summed E-state index contributed by atoms with van der Waals surface area (Å²) in [5.41, 5.74) is 0.788. The van der Waals surface area contributed by atoms with E-state index < -0.39 is 10.0 Å². The lowest BCUT2D eigenvalue weighted by molar-refractivity contribution is 0.0272. The molecule has 6 nitrogen and oxygen atoms in total. The van der Waals surface area contributed by atoms with Crippen LogP contribution in [0.3, 0.4) is 0 Å². The molecule has 0 aliphatic carbocycles. The highest BCUT2D eigenvalue weighted by Gasteiger charge is 2.25. The fourth-order valence-electron chi connectivity index (χ4n) is 2.00. The van der Waals surface area contributed by atoms with Gasteiger partial charge in [0, 0.05) is 24.5 Å². The Morgan fingerprint density at radius 3 is 2.74 bits per heavy atom. The summed E-state index contributed by atoms with van der Waals surface area (Å²) in [6.07, 6.45) is 0. The molecule has 2 rings (SSSR count). The molecule has 0 unspecified atom stereocenters. The summed E-state index contributed by atoms with van der Waals surface area (Å²) in [6, 6.07) is 0. The summed E-state index contributed by atoms with van der Waals surface area (Å²) in [5, 5.41) is 6.57. The Hall–Kier alpha value is -0.510. The lowest BCUT2D eigenvalue weighted by atomic mass is 10.3. The monoisotopic (exact) mass is 305 g/mol. The first kappa shape index (κ1) is 14.9. The molecular weight excluding hydrogens is 286 g/mol. The Morgan fingerprint density at radius 2 is 2.11 bits per heavy atom. The predicted octanol–water partition coefficient (Wildman–Crippen LogP) is 0.301. The average molecular weight is 305 g/mol. The molecule has 1 aromatic heterocycles. The summed E-state index contributed by atoms with van der Waals surface area (Å²) in [6.45, 7) is 4.62. The second-order valence-corrected chi connectivity index (χ2v) is 6.96. The second kappa shape index (κ2) is 6.29. The molecule has 0 amide bonds. The first-order valence-corrected chi connectivity index (χ1v) is 8.47. The maximum absolute atomic E-state index is 12.5. The van der Waals surface area contributed by atoms with E-state index in [1.165, 1.54) is 11.3 Å². The van der Waals surface area contributed by atoms with Gasteiger partial charge in [-0.3, -0.25) is 0 Å². The van der Waals surface area contributed by atoms with Crippen molar-refractivity contribution in [2.75, 3.05) is 33.4 Å². The highest BCUT2D eigenvalue weighted by Crippen LogP contribution is 2.26. The number of rotatable bonds is 5. The van der Waals surface area contributed by atoms with Crippen molar-refractivity contribution >= 4 is 21.4 Å². The van der Waals surface area contributed by atoms with Crippen molar-refractivity contribution < 1.29 is 13.2 Å². The van der Waals surface area contributed by atoms with Gasteiger partial charge >= 0.3 is 0 Å². The van der Waals surface area contributed by atoms with E-state index >= 15 is 0 Å². The van der Waals surface area contributed by atoms with Gasteiger partial charge in [0.05, 0.1) is 13.2 Å². The molecule has 1 aliphatic rings. The molecule has 0 saturated carbocycles. The Bertz CT molecular complexity index is 521. The smallest absolute Gasteiger partial charge is 0.254 e. The lowest BCUT2D eigenvalue weighted by Gasteiger charge is -2.26. The van der Waals surface area contributed by atoms with E-state index in [1.54, 1.807) is 12.1 Å². The third-order valence-corrected chi connectivity index (χ3v) is 5.69. The van der Waals surface area contributed by atoms with E-state index in [4.69, 9.17) is 4.74 Å². The zero-order chi connectivity index (χ0) is 13.9. The standard InChI is InChI=1S/C11H19N3O3S2/c1-9-8-18-10(7-12-2)11(9)19(15,16)13-14-3-5-17-6-4-14/h8,12-13H,3-7H2,1-2H3. The van der Waals surface area contributed by atoms with Crippen molar-refractivity contribution in [3.63, 3.8) is 0 Å². The third kappa shape index (κ3) is 3.53. The largest absolute Gasteiger partial charge is 0.379 e. The topological polar surface area (TPSA) is 70.7 Å². The number of ether oxygens (including phenoxy) is 1. The van der Waals surface area contributed by atoms with Gasteiger partial charge < -0.3 is 10.1 Å². The van der Waals surface area contributed by atoms with Crippen molar-refractivity contribution in [2.24, 2.45) is 0 Å². The van der Waals surface area contributed by atoms with Crippen LogP contribution in [0.2, 0.25) is 0 Å². The number of thiophene rings is 1. The van der Waals surface area contributed by atoms with Crippen molar-refractivity contribution in [1.29, 1.82) is 0 Å². The number of hydrazine groups is 1. The van der Waals surface area contributed by atoms with Crippen LogP contribution in [0.1, 0.15) is 10.4 Å². The highest BCUT2D eigenvalue weighted by molar-refractivity contribution is 7.89. The minimum Gasteiger partial charge on any atom is -0.379 e. The Kier molecular flexibility index (Phi) is 4.93. The summed E-state index contributed by atoms with van der Waals surface area (Å²) < 4.78 is 30.1. The first-order chi connectivity index (χ1) is 9.04. The minimum atomic E-state index is -3.51. The minimum absolute atomic E-state index is 0.401. The average Bonchev–Trinajstić information content (AvgIpc) is 2.72. The van der Waals surface area contributed by atoms with Crippen molar-refractivity contribution in [2.45, 2.75) is 18.4 Å². The van der Waals surface area contributed by atoms with E-state index in [9.17, 15) is 8.42 Å². The molecule has 108 valence electrons. The Morgan fingerprint density at radius 1 is 1.42 bits per heavy atom. The van der Waals surface area contributed by atoms with Crippen LogP contribution < -0.4 is 10.1 Å². The Balaban J connectivity index is 2.20. The van der Waals surface area contributed by atoms with Crippen LogP contribution in [0, 0.1) is 6.92 Å². The maximum atomic E-state index is 12.5. The summed E-state index contributed by atoms with van der Waals surface area (Å²) in [5.74, 6) is 0. The molecule has 0 bridgehead atoms. The van der Waals surface area contributed by atoms with Gasteiger partial charge in [-0.15, -0.1) is 16.2 Å². The lowest BCUT2D eigenvalue weighted by Crippen LogP contribution is -2.48. The van der Waals surface area contributed by atoms with Crippen molar-refractivity contribution in [3.8, 4) is 0 Å². The van der Waals surface area contributed by atoms with Crippen LogP contribution in [-0.2, 0) is 21.3 Å². The third-order valence-electron chi connectivity index (χ3n) is 2.86. The van der Waals surface area contributed by atoms with Crippen molar-refractivity contribution in [1.82, 2.24) is 15.2 Å². The van der Waals surface area contributed by atoms with Gasteiger partial charge in [0.2, 0.25) is 0 Å². The number of aryl methyl sites for hydroxylation is 1. The molecule has 1 aromatic rings.